The lowest BCUT2D eigenvalue weighted by atomic mass is 10.0. The van der Waals surface area contributed by atoms with Gasteiger partial charge in [0, 0.05) is 22.8 Å². The molecular weight excluding hydrogens is 258 g/mol. The van der Waals surface area contributed by atoms with Crippen LogP contribution in [-0.2, 0) is 6.42 Å². The van der Waals surface area contributed by atoms with E-state index in [9.17, 15) is 8.78 Å². The van der Waals surface area contributed by atoms with Crippen molar-refractivity contribution in [1.82, 2.24) is 0 Å². The predicted octanol–water partition coefficient (Wildman–Crippen LogP) is 3.82. The monoisotopic (exact) mass is 268 g/mol. The molecule has 0 aliphatic heterocycles. The van der Waals surface area contributed by atoms with E-state index in [4.69, 9.17) is 16.7 Å². The molecule has 0 aromatic heterocycles. The van der Waals surface area contributed by atoms with Crippen LogP contribution in [0.2, 0.25) is 5.02 Å². The molecule has 18 heavy (non-hydrogen) atoms. The van der Waals surface area contributed by atoms with Crippen molar-refractivity contribution in [1.29, 1.82) is 0 Å². The minimum atomic E-state index is -0.567. The van der Waals surface area contributed by atoms with Gasteiger partial charge in [-0.3, -0.25) is 0 Å². The average molecular weight is 269 g/mol. The smallest absolute Gasteiger partial charge is 0.132 e. The fourth-order valence-corrected chi connectivity index (χ4v) is 1.93. The van der Waals surface area contributed by atoms with Crippen LogP contribution in [0.15, 0.2) is 36.4 Å². The molecule has 94 valence electrons. The number of rotatable bonds is 3. The summed E-state index contributed by atoms with van der Waals surface area (Å²) in [4.78, 5) is 0. The molecule has 0 fully saturated rings. The summed E-state index contributed by atoms with van der Waals surface area (Å²) >= 11 is 5.66. The highest BCUT2D eigenvalue weighted by Gasteiger charge is 2.11. The van der Waals surface area contributed by atoms with Gasteiger partial charge in [-0.25, -0.2) is 8.78 Å². The van der Waals surface area contributed by atoms with Crippen molar-refractivity contribution in [2.75, 3.05) is 6.61 Å². The fourth-order valence-electron chi connectivity index (χ4n) is 1.77. The molecule has 0 bridgehead atoms. The Labute approximate surface area is 109 Å². The third kappa shape index (κ3) is 2.68. The Kier molecular flexibility index (Phi) is 3.94. The zero-order chi connectivity index (χ0) is 13.1. The Morgan fingerprint density at radius 3 is 2.39 bits per heavy atom. The molecule has 0 aliphatic rings. The molecule has 1 nitrogen and oxygen atoms in total. The Bertz CT molecular complexity index is 570. The summed E-state index contributed by atoms with van der Waals surface area (Å²) in [5.74, 6) is -1.07. The van der Waals surface area contributed by atoms with Gasteiger partial charge in [-0.2, -0.15) is 0 Å². The lowest BCUT2D eigenvalue weighted by molar-refractivity contribution is 0.299. The van der Waals surface area contributed by atoms with Crippen LogP contribution in [0, 0.1) is 11.6 Å². The summed E-state index contributed by atoms with van der Waals surface area (Å²) in [6.07, 6.45) is 0.405. The quantitative estimate of drug-likeness (QED) is 0.897. The maximum absolute atomic E-state index is 13.7. The van der Waals surface area contributed by atoms with Crippen molar-refractivity contribution in [3.05, 3.63) is 58.6 Å². The minimum Gasteiger partial charge on any atom is -0.396 e. The van der Waals surface area contributed by atoms with E-state index < -0.39 is 11.6 Å². The third-order valence-corrected chi connectivity index (χ3v) is 2.89. The van der Waals surface area contributed by atoms with Crippen molar-refractivity contribution >= 4 is 11.6 Å². The maximum atomic E-state index is 13.7. The number of aliphatic hydroxyl groups is 1. The largest absolute Gasteiger partial charge is 0.396 e. The zero-order valence-electron chi connectivity index (χ0n) is 9.46. The van der Waals surface area contributed by atoms with Gasteiger partial charge in [-0.15, -0.1) is 0 Å². The first-order chi connectivity index (χ1) is 8.61. The molecule has 2 aromatic rings. The summed E-state index contributed by atoms with van der Waals surface area (Å²) in [6.45, 7) is -0.0336. The van der Waals surface area contributed by atoms with E-state index in [0.717, 1.165) is 11.6 Å². The van der Waals surface area contributed by atoms with E-state index in [-0.39, 0.29) is 22.8 Å². The summed E-state index contributed by atoms with van der Waals surface area (Å²) in [6, 6.07) is 8.49. The molecular formula is C14H11ClF2O. The molecule has 0 spiro atoms. The first-order valence-corrected chi connectivity index (χ1v) is 5.84. The van der Waals surface area contributed by atoms with Crippen LogP contribution in [0.5, 0.6) is 0 Å². The average Bonchev–Trinajstić information content (AvgIpc) is 2.33. The molecule has 0 amide bonds. The summed E-state index contributed by atoms with van der Waals surface area (Å²) < 4.78 is 27.4. The van der Waals surface area contributed by atoms with Gasteiger partial charge in [0.15, 0.2) is 0 Å². The third-order valence-electron chi connectivity index (χ3n) is 2.65. The maximum Gasteiger partial charge on any atom is 0.132 e. The molecule has 2 rings (SSSR count). The predicted molar refractivity (Wildman–Crippen MR) is 67.6 cm³/mol. The van der Waals surface area contributed by atoms with Crippen molar-refractivity contribution < 1.29 is 13.9 Å². The van der Waals surface area contributed by atoms with Crippen LogP contribution in [0.3, 0.4) is 0 Å². The standard InChI is InChI=1S/C14H11ClF2O/c15-10-2-3-11(14(17)8-10)12-7-9(5-6-18)1-4-13(12)16/h1-4,7-8,18H,5-6H2. The first kappa shape index (κ1) is 13.0. The van der Waals surface area contributed by atoms with Gasteiger partial charge in [0.2, 0.25) is 0 Å². The van der Waals surface area contributed by atoms with E-state index in [0.29, 0.717) is 6.42 Å². The fraction of sp³-hybridized carbons (Fsp3) is 0.143. The van der Waals surface area contributed by atoms with Crippen molar-refractivity contribution in [3.63, 3.8) is 0 Å². The Hall–Kier alpha value is -1.45. The zero-order valence-corrected chi connectivity index (χ0v) is 10.2. The summed E-state index contributed by atoms with van der Waals surface area (Å²) in [5.41, 5.74) is 1.09. The number of hydrogen-bond acceptors (Lipinski definition) is 1. The molecule has 2 aromatic carbocycles. The molecule has 4 heteroatoms. The van der Waals surface area contributed by atoms with Crippen LogP contribution in [0.4, 0.5) is 8.78 Å². The second-order valence-corrected chi connectivity index (χ2v) is 4.35. The molecule has 0 aliphatic carbocycles. The van der Waals surface area contributed by atoms with Crippen LogP contribution in [0.25, 0.3) is 11.1 Å². The lowest BCUT2D eigenvalue weighted by Gasteiger charge is -2.08. The number of aliphatic hydroxyl groups excluding tert-OH is 1. The molecule has 1 N–H and O–H groups in total. The number of hydrogen-bond donors (Lipinski definition) is 1. The van der Waals surface area contributed by atoms with Crippen LogP contribution >= 0.6 is 11.6 Å². The topological polar surface area (TPSA) is 20.2 Å². The number of halogens is 3. The molecule has 0 unspecified atom stereocenters. The van der Waals surface area contributed by atoms with Crippen molar-refractivity contribution in [3.8, 4) is 11.1 Å². The highest BCUT2D eigenvalue weighted by atomic mass is 35.5. The van der Waals surface area contributed by atoms with E-state index >= 15 is 0 Å². The van der Waals surface area contributed by atoms with E-state index in [1.165, 1.54) is 24.3 Å². The molecule has 0 saturated heterocycles. The van der Waals surface area contributed by atoms with Gasteiger partial charge in [-0.05, 0) is 42.3 Å². The molecule has 0 saturated carbocycles. The van der Waals surface area contributed by atoms with Gasteiger partial charge in [0.25, 0.3) is 0 Å². The van der Waals surface area contributed by atoms with Crippen molar-refractivity contribution in [2.24, 2.45) is 0 Å². The van der Waals surface area contributed by atoms with E-state index in [1.54, 1.807) is 6.07 Å². The van der Waals surface area contributed by atoms with Crippen LogP contribution < -0.4 is 0 Å². The van der Waals surface area contributed by atoms with Gasteiger partial charge in [-0.1, -0.05) is 17.7 Å². The number of benzene rings is 2. The Morgan fingerprint density at radius 1 is 0.944 bits per heavy atom. The lowest BCUT2D eigenvalue weighted by Crippen LogP contribution is -1.94. The highest BCUT2D eigenvalue weighted by molar-refractivity contribution is 6.30. The van der Waals surface area contributed by atoms with Crippen LogP contribution in [-0.4, -0.2) is 11.7 Å². The minimum absolute atomic E-state index is 0.0336. The summed E-state index contributed by atoms with van der Waals surface area (Å²) in [7, 11) is 0. The van der Waals surface area contributed by atoms with Crippen LogP contribution in [0.1, 0.15) is 5.56 Å². The van der Waals surface area contributed by atoms with E-state index in [1.807, 2.05) is 0 Å². The van der Waals surface area contributed by atoms with Gasteiger partial charge in [0.05, 0.1) is 0 Å². The van der Waals surface area contributed by atoms with Gasteiger partial charge < -0.3 is 5.11 Å². The normalized spacial score (nSPS) is 10.7. The highest BCUT2D eigenvalue weighted by Crippen LogP contribution is 2.28. The Balaban J connectivity index is 2.51. The molecule has 0 radical (unpaired) electrons. The SMILES string of the molecule is OCCc1ccc(F)c(-c2ccc(Cl)cc2F)c1. The second kappa shape index (κ2) is 5.46. The van der Waals surface area contributed by atoms with Gasteiger partial charge in [0.1, 0.15) is 11.6 Å². The van der Waals surface area contributed by atoms with E-state index in [2.05, 4.69) is 0 Å². The Morgan fingerprint density at radius 2 is 1.72 bits per heavy atom. The van der Waals surface area contributed by atoms with Crippen molar-refractivity contribution in [2.45, 2.75) is 6.42 Å². The molecule has 0 heterocycles. The molecule has 0 atom stereocenters. The van der Waals surface area contributed by atoms with Gasteiger partial charge >= 0.3 is 0 Å². The first-order valence-electron chi connectivity index (χ1n) is 5.46. The summed E-state index contributed by atoms with van der Waals surface area (Å²) in [5, 5.41) is 9.12. The second-order valence-electron chi connectivity index (χ2n) is 3.91.